The van der Waals surface area contributed by atoms with E-state index in [1.54, 1.807) is 7.05 Å². The Morgan fingerprint density at radius 3 is 2.50 bits per heavy atom. The van der Waals surface area contributed by atoms with Crippen molar-refractivity contribution in [2.24, 2.45) is 5.92 Å². The Morgan fingerprint density at radius 2 is 1.95 bits per heavy atom. The molecule has 1 aromatic heterocycles. The van der Waals surface area contributed by atoms with E-state index in [-0.39, 0.29) is 17.7 Å². The van der Waals surface area contributed by atoms with Crippen LogP contribution in [0, 0.1) is 5.92 Å². The van der Waals surface area contributed by atoms with Crippen molar-refractivity contribution < 1.29 is 4.79 Å². The second-order valence-corrected chi connectivity index (χ2v) is 5.58. The van der Waals surface area contributed by atoms with Crippen molar-refractivity contribution in [1.29, 1.82) is 0 Å². The smallest absolute Gasteiger partial charge is 0.227 e. The monoisotopic (exact) mass is 270 g/mol. The lowest BCUT2D eigenvalue weighted by Gasteiger charge is -2.21. The summed E-state index contributed by atoms with van der Waals surface area (Å²) in [5, 5.41) is 3.89. The molecule has 0 radical (unpaired) electrons. The lowest BCUT2D eigenvalue weighted by Crippen LogP contribution is -2.29. The van der Waals surface area contributed by atoms with Crippen LogP contribution in [0.5, 0.6) is 0 Å². The van der Waals surface area contributed by atoms with Gasteiger partial charge >= 0.3 is 0 Å². The van der Waals surface area contributed by atoms with E-state index in [1.807, 2.05) is 25.1 Å². The quantitative estimate of drug-likeness (QED) is 0.874. The van der Waals surface area contributed by atoms with E-state index in [0.29, 0.717) is 0 Å². The second-order valence-electron chi connectivity index (χ2n) is 5.58. The van der Waals surface area contributed by atoms with Gasteiger partial charge in [-0.1, -0.05) is 38.6 Å². The van der Waals surface area contributed by atoms with Crippen molar-refractivity contribution in [2.75, 3.05) is 7.05 Å². The largest absolute Gasteiger partial charge is 0.359 e. The summed E-state index contributed by atoms with van der Waals surface area (Å²) in [6.07, 6.45) is 0. The Hall–Kier alpha value is -2.03. The third-order valence-electron chi connectivity index (χ3n) is 3.68. The molecule has 0 aliphatic carbocycles. The predicted molar refractivity (Wildman–Crippen MR) is 84.7 cm³/mol. The number of nitrogens with one attached hydrogen (secondary N) is 2. The summed E-state index contributed by atoms with van der Waals surface area (Å²) >= 11 is 0. The molecule has 1 amide bonds. The van der Waals surface area contributed by atoms with Crippen molar-refractivity contribution in [3.05, 3.63) is 42.1 Å². The summed E-state index contributed by atoms with van der Waals surface area (Å²) in [5.74, 6) is 0.0855. The van der Waals surface area contributed by atoms with Gasteiger partial charge in [-0.25, -0.2) is 0 Å². The van der Waals surface area contributed by atoms with Crippen molar-refractivity contribution in [2.45, 2.75) is 26.7 Å². The van der Waals surface area contributed by atoms with Gasteiger partial charge in [0.25, 0.3) is 0 Å². The van der Waals surface area contributed by atoms with Gasteiger partial charge in [-0.05, 0) is 30.0 Å². The number of hydrogen-bond acceptors (Lipinski definition) is 1. The van der Waals surface area contributed by atoms with E-state index in [4.69, 9.17) is 0 Å². The summed E-state index contributed by atoms with van der Waals surface area (Å²) in [7, 11) is 1.69. The zero-order valence-corrected chi connectivity index (χ0v) is 12.6. The maximum atomic E-state index is 12.3. The highest BCUT2D eigenvalue weighted by atomic mass is 16.1. The SMILES string of the molecule is C=C(C)c1[nH]c2ccccc2c1C(C(=O)NC)C(C)C. The van der Waals surface area contributed by atoms with Crippen LogP contribution >= 0.6 is 0 Å². The number of benzene rings is 1. The number of amides is 1. The zero-order valence-electron chi connectivity index (χ0n) is 12.6. The van der Waals surface area contributed by atoms with Crippen LogP contribution in [-0.4, -0.2) is 17.9 Å². The average molecular weight is 270 g/mol. The normalized spacial score (nSPS) is 12.7. The maximum Gasteiger partial charge on any atom is 0.227 e. The summed E-state index contributed by atoms with van der Waals surface area (Å²) in [5.41, 5.74) is 4.04. The molecule has 0 aliphatic heterocycles. The fourth-order valence-electron chi connectivity index (χ4n) is 2.75. The summed E-state index contributed by atoms with van der Waals surface area (Å²) in [6, 6.07) is 8.09. The Balaban J connectivity index is 2.75. The molecule has 1 heterocycles. The molecule has 0 spiro atoms. The second kappa shape index (κ2) is 5.53. The third kappa shape index (κ3) is 2.36. The topological polar surface area (TPSA) is 44.9 Å². The lowest BCUT2D eigenvalue weighted by atomic mass is 9.84. The van der Waals surface area contributed by atoms with Gasteiger partial charge in [-0.15, -0.1) is 0 Å². The number of para-hydroxylation sites is 1. The van der Waals surface area contributed by atoms with E-state index < -0.39 is 0 Å². The molecular formula is C17H22N2O. The van der Waals surface area contributed by atoms with E-state index in [1.165, 1.54) is 0 Å². The Morgan fingerprint density at radius 1 is 1.30 bits per heavy atom. The Bertz CT molecular complexity index is 652. The molecule has 1 atom stereocenters. The van der Waals surface area contributed by atoms with Crippen LogP contribution < -0.4 is 5.32 Å². The number of carbonyl (C=O) groups is 1. The standard InChI is InChI=1S/C17H22N2O/c1-10(2)14(17(20)18-5)15-12-8-6-7-9-13(12)19-16(15)11(3)4/h6-10,14,19H,3H2,1-2,4-5H3,(H,18,20). The van der Waals surface area contributed by atoms with Crippen LogP contribution in [0.25, 0.3) is 16.5 Å². The molecule has 106 valence electrons. The first-order valence-corrected chi connectivity index (χ1v) is 6.95. The van der Waals surface area contributed by atoms with Gasteiger partial charge in [-0.2, -0.15) is 0 Å². The van der Waals surface area contributed by atoms with Crippen LogP contribution in [0.15, 0.2) is 30.8 Å². The molecule has 0 fully saturated rings. The molecule has 1 aromatic carbocycles. The minimum absolute atomic E-state index is 0.0484. The fourth-order valence-corrected chi connectivity index (χ4v) is 2.75. The number of rotatable bonds is 4. The first kappa shape index (κ1) is 14.4. The lowest BCUT2D eigenvalue weighted by molar-refractivity contribution is -0.122. The van der Waals surface area contributed by atoms with Crippen LogP contribution in [0.4, 0.5) is 0 Å². The van der Waals surface area contributed by atoms with Crippen LogP contribution in [0.2, 0.25) is 0 Å². The number of fused-ring (bicyclic) bond motifs is 1. The number of allylic oxidation sites excluding steroid dienone is 1. The molecular weight excluding hydrogens is 248 g/mol. The van der Waals surface area contributed by atoms with Crippen molar-refractivity contribution in [3.63, 3.8) is 0 Å². The van der Waals surface area contributed by atoms with E-state index >= 15 is 0 Å². The van der Waals surface area contributed by atoms with Gasteiger partial charge in [0.2, 0.25) is 5.91 Å². The number of aromatic amines is 1. The molecule has 3 heteroatoms. The van der Waals surface area contributed by atoms with Gasteiger partial charge in [0.1, 0.15) is 0 Å². The van der Waals surface area contributed by atoms with Crippen molar-refractivity contribution in [3.8, 4) is 0 Å². The molecule has 0 bridgehead atoms. The summed E-state index contributed by atoms with van der Waals surface area (Å²) < 4.78 is 0. The molecule has 2 rings (SSSR count). The van der Waals surface area contributed by atoms with Gasteiger partial charge < -0.3 is 10.3 Å². The van der Waals surface area contributed by atoms with Crippen molar-refractivity contribution >= 4 is 22.4 Å². The number of H-pyrrole nitrogens is 1. The van der Waals surface area contributed by atoms with Crippen LogP contribution in [0.3, 0.4) is 0 Å². The van der Waals surface area contributed by atoms with Gasteiger partial charge in [0.15, 0.2) is 0 Å². The molecule has 20 heavy (non-hydrogen) atoms. The maximum absolute atomic E-state index is 12.3. The molecule has 0 aliphatic rings. The van der Waals surface area contributed by atoms with E-state index in [9.17, 15) is 4.79 Å². The summed E-state index contributed by atoms with van der Waals surface area (Å²) in [4.78, 5) is 15.7. The molecule has 2 aromatic rings. The van der Waals surface area contributed by atoms with Gasteiger partial charge in [0, 0.05) is 23.6 Å². The van der Waals surface area contributed by atoms with Crippen LogP contribution in [-0.2, 0) is 4.79 Å². The molecule has 0 saturated carbocycles. The Labute approximate surface area is 120 Å². The molecule has 1 unspecified atom stereocenters. The van der Waals surface area contributed by atoms with E-state index in [2.05, 4.69) is 36.8 Å². The van der Waals surface area contributed by atoms with Crippen molar-refractivity contribution in [1.82, 2.24) is 10.3 Å². The van der Waals surface area contributed by atoms with Gasteiger partial charge in [-0.3, -0.25) is 4.79 Å². The number of hydrogen-bond donors (Lipinski definition) is 2. The average Bonchev–Trinajstić information content (AvgIpc) is 2.78. The van der Waals surface area contributed by atoms with E-state index in [0.717, 1.165) is 27.7 Å². The summed E-state index contributed by atoms with van der Waals surface area (Å²) in [6.45, 7) is 10.2. The highest BCUT2D eigenvalue weighted by Gasteiger charge is 2.29. The zero-order chi connectivity index (χ0) is 14.9. The molecule has 2 N–H and O–H groups in total. The highest BCUT2D eigenvalue weighted by Crippen LogP contribution is 2.36. The number of aromatic nitrogens is 1. The first-order valence-electron chi connectivity index (χ1n) is 6.95. The Kier molecular flexibility index (Phi) is 3.98. The van der Waals surface area contributed by atoms with Crippen LogP contribution in [0.1, 0.15) is 37.9 Å². The number of likely N-dealkylation sites (N-methyl/N-ethyl adjacent to an activating group) is 1. The number of carbonyl (C=O) groups excluding carboxylic acids is 1. The molecule has 0 saturated heterocycles. The minimum atomic E-state index is -0.178. The third-order valence-corrected chi connectivity index (χ3v) is 3.68. The predicted octanol–water partition coefficient (Wildman–Crippen LogP) is 3.69. The fraction of sp³-hybridized carbons (Fsp3) is 0.353. The van der Waals surface area contributed by atoms with Gasteiger partial charge in [0.05, 0.1) is 5.92 Å². The highest BCUT2D eigenvalue weighted by molar-refractivity contribution is 5.96. The molecule has 3 nitrogen and oxygen atoms in total. The first-order chi connectivity index (χ1) is 9.47. The minimum Gasteiger partial charge on any atom is -0.359 e.